The van der Waals surface area contributed by atoms with Crippen molar-refractivity contribution >= 4 is 6.34 Å². The zero-order valence-electron chi connectivity index (χ0n) is 8.41. The molecular weight excluding hydrogens is 150 g/mol. The number of nitrogens with one attached hydrogen (secondary N) is 1. The molecule has 0 aliphatic carbocycles. The largest absolute Gasteiger partial charge is 0.361 e. The molecule has 1 rings (SSSR count). The van der Waals surface area contributed by atoms with E-state index in [9.17, 15) is 0 Å². The van der Waals surface area contributed by atoms with Gasteiger partial charge in [0.1, 0.15) is 0 Å². The molecule has 0 saturated carbocycles. The van der Waals surface area contributed by atoms with E-state index in [1.54, 1.807) is 0 Å². The molecule has 0 aromatic rings. The lowest BCUT2D eigenvalue weighted by Gasteiger charge is -2.38. The van der Waals surface area contributed by atoms with Gasteiger partial charge in [0.05, 0.1) is 19.2 Å². The van der Waals surface area contributed by atoms with Crippen molar-refractivity contribution in [1.29, 1.82) is 0 Å². The second-order valence-corrected chi connectivity index (χ2v) is 3.92. The Hall–Kier alpha value is -0.570. The monoisotopic (exact) mass is 169 g/mol. The zero-order chi connectivity index (χ0) is 9.14. The minimum atomic E-state index is 0.447. The summed E-state index contributed by atoms with van der Waals surface area (Å²) < 4.78 is 0. The Bertz CT molecular complexity index is 145. The highest BCUT2D eigenvalue weighted by Crippen LogP contribution is 2.13. The number of rotatable bonds is 2. The second-order valence-electron chi connectivity index (χ2n) is 3.92. The van der Waals surface area contributed by atoms with E-state index in [1.807, 2.05) is 6.34 Å². The van der Waals surface area contributed by atoms with Crippen molar-refractivity contribution in [3.63, 3.8) is 0 Å². The van der Waals surface area contributed by atoms with Crippen LogP contribution in [-0.4, -0.2) is 30.1 Å². The third-order valence-electron chi connectivity index (χ3n) is 2.23. The van der Waals surface area contributed by atoms with Gasteiger partial charge in [-0.2, -0.15) is 0 Å². The van der Waals surface area contributed by atoms with Crippen LogP contribution >= 0.6 is 0 Å². The quantitative estimate of drug-likeness (QED) is 0.674. The molecule has 0 radical (unpaired) electrons. The van der Waals surface area contributed by atoms with Crippen LogP contribution in [0.5, 0.6) is 0 Å². The van der Waals surface area contributed by atoms with E-state index in [4.69, 9.17) is 0 Å². The molecule has 0 fully saturated rings. The van der Waals surface area contributed by atoms with Crippen molar-refractivity contribution in [2.24, 2.45) is 10.9 Å². The maximum absolute atomic E-state index is 4.20. The van der Waals surface area contributed by atoms with Crippen LogP contribution in [0.25, 0.3) is 0 Å². The molecule has 3 heteroatoms. The van der Waals surface area contributed by atoms with Crippen molar-refractivity contribution in [2.45, 2.75) is 39.9 Å². The molecule has 3 nitrogen and oxygen atoms in total. The van der Waals surface area contributed by atoms with Gasteiger partial charge >= 0.3 is 0 Å². The summed E-state index contributed by atoms with van der Waals surface area (Å²) in [4.78, 5) is 6.57. The van der Waals surface area contributed by atoms with Gasteiger partial charge in [0, 0.05) is 6.04 Å². The third-order valence-corrected chi connectivity index (χ3v) is 2.23. The molecule has 0 saturated heterocycles. The van der Waals surface area contributed by atoms with Crippen LogP contribution in [0.15, 0.2) is 4.99 Å². The van der Waals surface area contributed by atoms with Crippen molar-refractivity contribution in [2.75, 3.05) is 6.67 Å². The summed E-state index contributed by atoms with van der Waals surface area (Å²) in [5, 5.41) is 3.28. The van der Waals surface area contributed by atoms with Gasteiger partial charge in [-0.1, -0.05) is 13.8 Å². The molecule has 12 heavy (non-hydrogen) atoms. The highest BCUT2D eigenvalue weighted by atomic mass is 15.4. The van der Waals surface area contributed by atoms with Crippen LogP contribution in [0, 0.1) is 5.92 Å². The van der Waals surface area contributed by atoms with Crippen molar-refractivity contribution in [3.05, 3.63) is 0 Å². The topological polar surface area (TPSA) is 27.6 Å². The fraction of sp³-hybridized carbons (Fsp3) is 0.889. The van der Waals surface area contributed by atoms with Crippen LogP contribution in [0.1, 0.15) is 27.7 Å². The highest BCUT2D eigenvalue weighted by molar-refractivity contribution is 5.55. The first-order valence-corrected chi connectivity index (χ1v) is 4.63. The van der Waals surface area contributed by atoms with Crippen molar-refractivity contribution < 1.29 is 0 Å². The fourth-order valence-corrected chi connectivity index (χ4v) is 1.51. The predicted octanol–water partition coefficient (Wildman–Crippen LogP) is 1.27. The molecule has 1 N–H and O–H groups in total. The number of nitrogens with zero attached hydrogens (tertiary/aromatic N) is 2. The third kappa shape index (κ3) is 1.97. The number of hydrogen-bond acceptors (Lipinski definition) is 3. The van der Waals surface area contributed by atoms with E-state index in [0.717, 1.165) is 6.67 Å². The minimum Gasteiger partial charge on any atom is -0.361 e. The van der Waals surface area contributed by atoms with Crippen LogP contribution in [-0.2, 0) is 0 Å². The maximum Gasteiger partial charge on any atom is 0.0945 e. The second kappa shape index (κ2) is 3.90. The smallest absolute Gasteiger partial charge is 0.0945 e. The Morgan fingerprint density at radius 2 is 2.08 bits per heavy atom. The molecule has 0 bridgehead atoms. The van der Waals surface area contributed by atoms with E-state index in [2.05, 4.69) is 42.9 Å². The van der Waals surface area contributed by atoms with Crippen molar-refractivity contribution in [1.82, 2.24) is 10.2 Å². The van der Waals surface area contributed by atoms with Crippen LogP contribution in [0.3, 0.4) is 0 Å². The average Bonchev–Trinajstić information content (AvgIpc) is 2.04. The number of hydrogen-bond donors (Lipinski definition) is 1. The van der Waals surface area contributed by atoms with Crippen LogP contribution in [0.2, 0.25) is 0 Å². The first-order valence-electron chi connectivity index (χ1n) is 4.63. The molecule has 1 heterocycles. The first kappa shape index (κ1) is 9.52. The molecule has 0 aromatic heterocycles. The van der Waals surface area contributed by atoms with E-state index in [1.165, 1.54) is 0 Å². The molecule has 1 unspecified atom stereocenters. The lowest BCUT2D eigenvalue weighted by Crippen LogP contribution is -2.54. The molecule has 1 atom stereocenters. The van der Waals surface area contributed by atoms with Gasteiger partial charge in [0.15, 0.2) is 0 Å². The summed E-state index contributed by atoms with van der Waals surface area (Å²) in [6, 6.07) is 0.558. The Balaban J connectivity index is 2.63. The molecule has 0 amide bonds. The van der Waals surface area contributed by atoms with Gasteiger partial charge in [-0.3, -0.25) is 9.89 Å². The van der Waals surface area contributed by atoms with Gasteiger partial charge in [0.2, 0.25) is 0 Å². The Labute approximate surface area is 74.9 Å². The molecular formula is C9H19N3. The SMILES string of the molecule is CC(C)C1NC=NCN1C(C)C. The highest BCUT2D eigenvalue weighted by Gasteiger charge is 2.24. The van der Waals surface area contributed by atoms with E-state index in [0.29, 0.717) is 18.1 Å². The molecule has 1 aliphatic rings. The van der Waals surface area contributed by atoms with Gasteiger partial charge in [0.25, 0.3) is 0 Å². The summed E-state index contributed by atoms with van der Waals surface area (Å²) in [6.45, 7) is 9.70. The summed E-state index contributed by atoms with van der Waals surface area (Å²) in [7, 11) is 0. The van der Waals surface area contributed by atoms with Gasteiger partial charge in [-0.25, -0.2) is 0 Å². The molecule has 1 aliphatic heterocycles. The Morgan fingerprint density at radius 3 is 2.50 bits per heavy atom. The zero-order valence-corrected chi connectivity index (χ0v) is 8.41. The minimum absolute atomic E-state index is 0.447. The Kier molecular flexibility index (Phi) is 3.09. The summed E-state index contributed by atoms with van der Waals surface area (Å²) in [6.07, 6.45) is 2.27. The predicted molar refractivity (Wildman–Crippen MR) is 52.1 cm³/mol. The normalized spacial score (nSPS) is 25.0. The lowest BCUT2D eigenvalue weighted by atomic mass is 10.1. The van der Waals surface area contributed by atoms with E-state index in [-0.39, 0.29) is 0 Å². The van der Waals surface area contributed by atoms with Crippen molar-refractivity contribution in [3.8, 4) is 0 Å². The van der Waals surface area contributed by atoms with Gasteiger partial charge in [-0.05, 0) is 19.8 Å². The summed E-state index contributed by atoms with van der Waals surface area (Å²) in [5.74, 6) is 0.624. The van der Waals surface area contributed by atoms with Gasteiger partial charge in [-0.15, -0.1) is 0 Å². The van der Waals surface area contributed by atoms with Gasteiger partial charge < -0.3 is 5.32 Å². The standard InChI is InChI=1S/C9H19N3/c1-7(2)9-11-5-10-6-12(9)8(3)4/h5,7-9H,6H2,1-4H3,(H,10,11). The molecule has 0 spiro atoms. The Morgan fingerprint density at radius 1 is 1.42 bits per heavy atom. The van der Waals surface area contributed by atoms with Crippen LogP contribution < -0.4 is 5.32 Å². The number of aliphatic imine (C=N–C) groups is 1. The first-order chi connectivity index (χ1) is 5.63. The van der Waals surface area contributed by atoms with E-state index < -0.39 is 0 Å². The fourth-order valence-electron chi connectivity index (χ4n) is 1.51. The molecule has 70 valence electrons. The average molecular weight is 169 g/mol. The van der Waals surface area contributed by atoms with Crippen LogP contribution in [0.4, 0.5) is 0 Å². The summed E-state index contributed by atoms with van der Waals surface area (Å²) >= 11 is 0. The summed E-state index contributed by atoms with van der Waals surface area (Å²) in [5.41, 5.74) is 0. The van der Waals surface area contributed by atoms with E-state index >= 15 is 0 Å². The molecule has 0 aromatic carbocycles. The lowest BCUT2D eigenvalue weighted by molar-refractivity contribution is 0.103. The maximum atomic E-state index is 4.20.